The second-order valence-corrected chi connectivity index (χ2v) is 6.94. The lowest BCUT2D eigenvalue weighted by Crippen LogP contribution is -2.24. The lowest BCUT2D eigenvalue weighted by Gasteiger charge is -2.08. The first kappa shape index (κ1) is 16.3. The van der Waals surface area contributed by atoms with E-state index in [1.165, 1.54) is 18.2 Å². The largest absolute Gasteiger partial charge is 0.275 e. The van der Waals surface area contributed by atoms with Gasteiger partial charge >= 0.3 is 0 Å². The molecule has 1 N–H and O–H groups in total. The fraction of sp³-hybridized carbons (Fsp3) is 0.125. The molecule has 0 fully saturated rings. The van der Waals surface area contributed by atoms with Crippen molar-refractivity contribution in [2.75, 3.05) is 0 Å². The van der Waals surface area contributed by atoms with E-state index in [0.717, 1.165) is 17.3 Å². The van der Waals surface area contributed by atoms with Crippen LogP contribution in [0.2, 0.25) is 0 Å². The van der Waals surface area contributed by atoms with E-state index in [-0.39, 0.29) is 11.4 Å². The molecule has 3 rings (SSSR count). The number of hydrogen-bond donors (Lipinski definition) is 1. The van der Waals surface area contributed by atoms with Gasteiger partial charge in [-0.25, -0.2) is 17.5 Å². The van der Waals surface area contributed by atoms with Crippen LogP contribution in [-0.2, 0) is 23.6 Å². The van der Waals surface area contributed by atoms with E-state index in [1.54, 1.807) is 29.2 Å². The van der Waals surface area contributed by atoms with Gasteiger partial charge in [0.15, 0.2) is 0 Å². The van der Waals surface area contributed by atoms with E-state index < -0.39 is 15.8 Å². The van der Waals surface area contributed by atoms with Gasteiger partial charge in [-0.15, -0.1) is 0 Å². The third-order valence-corrected chi connectivity index (χ3v) is 4.85. The molecule has 0 atom stereocenters. The summed E-state index contributed by atoms with van der Waals surface area (Å²) in [5.74, 6) is -0.782. The van der Waals surface area contributed by atoms with Crippen molar-refractivity contribution in [2.45, 2.75) is 11.4 Å². The minimum atomic E-state index is -3.91. The molecule has 3 aromatic rings. The molecular weight excluding hydrogens is 331 g/mol. The maximum Gasteiger partial charge on any atom is 0.243 e. The number of aryl methyl sites for hydroxylation is 1. The van der Waals surface area contributed by atoms with Gasteiger partial charge in [-0.3, -0.25) is 9.67 Å². The van der Waals surface area contributed by atoms with E-state index >= 15 is 0 Å². The van der Waals surface area contributed by atoms with E-state index in [4.69, 9.17) is 0 Å². The standard InChI is InChI=1S/C16H15FN4O2S/c1-21-11-13(10-19-21)15-7-6-12(8-18-15)9-20-24(22,23)16-5-3-2-4-14(16)17/h2-8,10-11,20H,9H2,1H3. The summed E-state index contributed by atoms with van der Waals surface area (Å²) < 4.78 is 41.9. The highest BCUT2D eigenvalue weighted by molar-refractivity contribution is 7.89. The monoisotopic (exact) mass is 346 g/mol. The van der Waals surface area contributed by atoms with Crippen LogP contribution in [-0.4, -0.2) is 23.2 Å². The van der Waals surface area contributed by atoms with Crippen LogP contribution in [0, 0.1) is 5.82 Å². The minimum absolute atomic E-state index is 0.0248. The fourth-order valence-corrected chi connectivity index (χ4v) is 3.27. The van der Waals surface area contributed by atoms with Crippen LogP contribution < -0.4 is 4.72 Å². The Labute approximate surface area is 139 Å². The van der Waals surface area contributed by atoms with Gasteiger partial charge in [0, 0.05) is 31.5 Å². The summed E-state index contributed by atoms with van der Waals surface area (Å²) in [6, 6.07) is 8.79. The highest BCUT2D eigenvalue weighted by atomic mass is 32.2. The van der Waals surface area contributed by atoms with Gasteiger partial charge in [-0.2, -0.15) is 5.10 Å². The molecule has 2 heterocycles. The molecule has 0 saturated heterocycles. The molecule has 0 bridgehead atoms. The number of hydrogen-bond acceptors (Lipinski definition) is 4. The molecule has 6 nitrogen and oxygen atoms in total. The number of benzene rings is 1. The zero-order valence-electron chi connectivity index (χ0n) is 12.8. The summed E-state index contributed by atoms with van der Waals surface area (Å²) in [5, 5.41) is 4.08. The van der Waals surface area contributed by atoms with Gasteiger partial charge in [-0.1, -0.05) is 18.2 Å². The Balaban J connectivity index is 1.72. The molecule has 8 heteroatoms. The quantitative estimate of drug-likeness (QED) is 0.767. The van der Waals surface area contributed by atoms with Gasteiger partial charge in [0.2, 0.25) is 10.0 Å². The Morgan fingerprint density at radius 3 is 2.58 bits per heavy atom. The maximum absolute atomic E-state index is 13.6. The second-order valence-electron chi connectivity index (χ2n) is 5.21. The number of rotatable bonds is 5. The average Bonchev–Trinajstić information content (AvgIpc) is 3.00. The average molecular weight is 346 g/mol. The van der Waals surface area contributed by atoms with Gasteiger partial charge in [0.25, 0.3) is 0 Å². The van der Waals surface area contributed by atoms with Gasteiger partial charge in [-0.05, 0) is 23.8 Å². The SMILES string of the molecule is Cn1cc(-c2ccc(CNS(=O)(=O)c3ccccc3F)cn2)cn1. The number of sulfonamides is 1. The number of halogens is 1. The second kappa shape index (κ2) is 6.50. The van der Waals surface area contributed by atoms with Crippen molar-refractivity contribution in [3.8, 4) is 11.3 Å². The Hall–Kier alpha value is -2.58. The summed E-state index contributed by atoms with van der Waals surface area (Å²) in [5.41, 5.74) is 2.28. The number of nitrogens with zero attached hydrogens (tertiary/aromatic N) is 3. The van der Waals surface area contributed by atoms with Crippen LogP contribution in [0.15, 0.2) is 59.9 Å². The number of pyridine rings is 1. The molecule has 0 spiro atoms. The van der Waals surface area contributed by atoms with Crippen molar-refractivity contribution in [3.63, 3.8) is 0 Å². The van der Waals surface area contributed by atoms with E-state index in [2.05, 4.69) is 14.8 Å². The third-order valence-electron chi connectivity index (χ3n) is 3.42. The molecule has 0 unspecified atom stereocenters. The van der Waals surface area contributed by atoms with Crippen molar-refractivity contribution in [1.82, 2.24) is 19.5 Å². The first-order valence-electron chi connectivity index (χ1n) is 7.14. The molecule has 124 valence electrons. The first-order valence-corrected chi connectivity index (χ1v) is 8.62. The van der Waals surface area contributed by atoms with E-state index in [9.17, 15) is 12.8 Å². The molecule has 0 amide bonds. The first-order chi connectivity index (χ1) is 11.5. The molecule has 24 heavy (non-hydrogen) atoms. The molecule has 0 aliphatic heterocycles. The summed E-state index contributed by atoms with van der Waals surface area (Å²) in [6.07, 6.45) is 5.11. The zero-order valence-corrected chi connectivity index (χ0v) is 13.7. The molecule has 2 aromatic heterocycles. The summed E-state index contributed by atoms with van der Waals surface area (Å²) in [4.78, 5) is 3.92. The normalized spacial score (nSPS) is 11.6. The van der Waals surface area contributed by atoms with Crippen LogP contribution in [0.4, 0.5) is 4.39 Å². The van der Waals surface area contributed by atoms with Crippen LogP contribution in [0.1, 0.15) is 5.56 Å². The van der Waals surface area contributed by atoms with Crippen LogP contribution >= 0.6 is 0 Å². The molecule has 0 aliphatic carbocycles. The van der Waals surface area contributed by atoms with Gasteiger partial charge in [0.1, 0.15) is 10.7 Å². The Bertz CT molecular complexity index is 952. The predicted molar refractivity (Wildman–Crippen MR) is 86.9 cm³/mol. The Kier molecular flexibility index (Phi) is 4.41. The number of nitrogens with one attached hydrogen (secondary N) is 1. The van der Waals surface area contributed by atoms with Crippen LogP contribution in [0.25, 0.3) is 11.3 Å². The van der Waals surface area contributed by atoms with Crippen molar-refractivity contribution in [1.29, 1.82) is 0 Å². The van der Waals surface area contributed by atoms with Crippen LogP contribution in [0.5, 0.6) is 0 Å². The Morgan fingerprint density at radius 2 is 1.96 bits per heavy atom. The Morgan fingerprint density at radius 1 is 1.17 bits per heavy atom. The third kappa shape index (κ3) is 3.50. The molecule has 0 radical (unpaired) electrons. The van der Waals surface area contributed by atoms with Crippen molar-refractivity contribution in [3.05, 3.63) is 66.4 Å². The van der Waals surface area contributed by atoms with Crippen LogP contribution in [0.3, 0.4) is 0 Å². The van der Waals surface area contributed by atoms with Gasteiger partial charge < -0.3 is 0 Å². The maximum atomic E-state index is 13.6. The highest BCUT2D eigenvalue weighted by Crippen LogP contribution is 2.17. The lowest BCUT2D eigenvalue weighted by atomic mass is 10.2. The molecule has 0 saturated carbocycles. The zero-order chi connectivity index (χ0) is 17.2. The van der Waals surface area contributed by atoms with Crippen molar-refractivity contribution in [2.24, 2.45) is 7.05 Å². The summed E-state index contributed by atoms with van der Waals surface area (Å²) >= 11 is 0. The van der Waals surface area contributed by atoms with Crippen molar-refractivity contribution < 1.29 is 12.8 Å². The predicted octanol–water partition coefficient (Wildman–Crippen LogP) is 2.10. The molecular formula is C16H15FN4O2S. The van der Waals surface area contributed by atoms with Crippen molar-refractivity contribution >= 4 is 10.0 Å². The highest BCUT2D eigenvalue weighted by Gasteiger charge is 2.18. The molecule has 1 aromatic carbocycles. The van der Waals surface area contributed by atoms with Gasteiger partial charge in [0.05, 0.1) is 11.9 Å². The van der Waals surface area contributed by atoms with E-state index in [0.29, 0.717) is 5.56 Å². The smallest absolute Gasteiger partial charge is 0.243 e. The molecule has 0 aliphatic rings. The topological polar surface area (TPSA) is 76.9 Å². The summed E-state index contributed by atoms with van der Waals surface area (Å²) in [6.45, 7) is 0.0248. The number of aromatic nitrogens is 3. The lowest BCUT2D eigenvalue weighted by molar-refractivity contribution is 0.557. The fourth-order valence-electron chi connectivity index (χ4n) is 2.17. The summed E-state index contributed by atoms with van der Waals surface area (Å²) in [7, 11) is -2.10. The minimum Gasteiger partial charge on any atom is -0.275 e. The van der Waals surface area contributed by atoms with E-state index in [1.807, 2.05) is 13.2 Å².